The number of hydrogen-bond donors (Lipinski definition) is 2. The van der Waals surface area contributed by atoms with E-state index in [4.69, 9.17) is 9.79 Å². The maximum absolute atomic E-state index is 13.6. The van der Waals surface area contributed by atoms with Crippen molar-refractivity contribution in [3.8, 4) is 0 Å². The van der Waals surface area contributed by atoms with Gasteiger partial charge in [0.05, 0.1) is 11.5 Å². The van der Waals surface area contributed by atoms with Gasteiger partial charge in [0, 0.05) is 18.2 Å². The largest absolute Gasteiger partial charge is 0.422 e. The molecule has 2 rings (SSSR count). The minimum absolute atomic E-state index is 0.216. The first-order chi connectivity index (χ1) is 8.26. The van der Waals surface area contributed by atoms with E-state index in [2.05, 4.69) is 4.42 Å². The van der Waals surface area contributed by atoms with Crippen molar-refractivity contribution in [3.63, 3.8) is 0 Å². The zero-order valence-electron chi connectivity index (χ0n) is 8.76. The lowest BCUT2D eigenvalue weighted by Gasteiger charge is -2.07. The van der Waals surface area contributed by atoms with Crippen molar-refractivity contribution in [3.05, 3.63) is 45.8 Å². The third-order valence-corrected chi connectivity index (χ3v) is 2.97. The Bertz CT molecular complexity index is 718. The van der Waals surface area contributed by atoms with Crippen molar-refractivity contribution in [2.24, 2.45) is 0 Å². The average molecular weight is 276 g/mol. The van der Waals surface area contributed by atoms with E-state index in [-0.39, 0.29) is 16.5 Å². The summed E-state index contributed by atoms with van der Waals surface area (Å²) in [5, 5.41) is -0.306. The van der Waals surface area contributed by atoms with Crippen LogP contribution in [0, 0.1) is 11.6 Å². The maximum Gasteiger partial charge on any atom is 0.336 e. The number of rotatable bonds is 2. The molecular formula is C10H7F2O5P. The van der Waals surface area contributed by atoms with Crippen LogP contribution in [-0.4, -0.2) is 9.79 Å². The topological polar surface area (TPSA) is 87.7 Å². The van der Waals surface area contributed by atoms with E-state index in [0.29, 0.717) is 6.07 Å². The molecule has 0 amide bonds. The summed E-state index contributed by atoms with van der Waals surface area (Å²) in [5.41, 5.74) is -1.54. The van der Waals surface area contributed by atoms with Crippen LogP contribution in [0.15, 0.2) is 27.4 Å². The molecule has 0 bridgehead atoms. The van der Waals surface area contributed by atoms with Crippen LogP contribution in [0.1, 0.15) is 5.56 Å². The van der Waals surface area contributed by atoms with Gasteiger partial charge >= 0.3 is 13.2 Å². The summed E-state index contributed by atoms with van der Waals surface area (Å²) in [5.74, 6) is -1.99. The summed E-state index contributed by atoms with van der Waals surface area (Å²) in [7, 11) is -4.48. The third kappa shape index (κ3) is 2.64. The highest BCUT2D eigenvalue weighted by molar-refractivity contribution is 7.50. The van der Waals surface area contributed by atoms with Crippen molar-refractivity contribution in [2.75, 3.05) is 0 Å². The normalized spacial score (nSPS) is 12.0. The van der Waals surface area contributed by atoms with Gasteiger partial charge in [0.1, 0.15) is 17.2 Å². The lowest BCUT2D eigenvalue weighted by atomic mass is 10.1. The van der Waals surface area contributed by atoms with Crippen LogP contribution < -0.4 is 5.63 Å². The molecule has 0 fully saturated rings. The Hall–Kier alpha value is -1.56. The van der Waals surface area contributed by atoms with Crippen molar-refractivity contribution in [2.45, 2.75) is 6.16 Å². The monoisotopic (exact) mass is 276 g/mol. The lowest BCUT2D eigenvalue weighted by molar-refractivity contribution is 0.372. The van der Waals surface area contributed by atoms with Crippen molar-refractivity contribution < 1.29 is 27.5 Å². The molecule has 0 aliphatic heterocycles. The Morgan fingerprint density at radius 2 is 1.89 bits per heavy atom. The first-order valence-electron chi connectivity index (χ1n) is 4.72. The molecule has 18 heavy (non-hydrogen) atoms. The molecule has 0 atom stereocenters. The molecule has 0 spiro atoms. The Kier molecular flexibility index (Phi) is 3.06. The lowest BCUT2D eigenvalue weighted by Crippen LogP contribution is -2.03. The van der Waals surface area contributed by atoms with E-state index in [9.17, 15) is 18.1 Å². The Morgan fingerprint density at radius 1 is 1.22 bits per heavy atom. The highest BCUT2D eigenvalue weighted by atomic mass is 31.2. The van der Waals surface area contributed by atoms with E-state index in [0.717, 1.165) is 12.1 Å². The van der Waals surface area contributed by atoms with Crippen molar-refractivity contribution in [1.82, 2.24) is 0 Å². The molecule has 1 aromatic carbocycles. The average Bonchev–Trinajstić information content (AvgIpc) is 2.11. The molecule has 0 saturated carbocycles. The molecule has 0 unspecified atom stereocenters. The predicted octanol–water partition coefficient (Wildman–Crippen LogP) is 1.75. The fourth-order valence-corrected chi connectivity index (χ4v) is 2.33. The molecule has 8 heteroatoms. The molecule has 96 valence electrons. The standard InChI is InChI=1S/C10H7F2O5P/c11-6-2-7(12)10-5(4-18(14,15)16)1-9(13)17-8(10)3-6/h1-3H,4H2,(H2,14,15,16). The SMILES string of the molecule is O=c1cc(CP(=O)(O)O)c2c(F)cc(F)cc2o1. The summed E-state index contributed by atoms with van der Waals surface area (Å²) in [6.07, 6.45) is -0.822. The van der Waals surface area contributed by atoms with Crippen molar-refractivity contribution >= 4 is 18.6 Å². The molecule has 1 heterocycles. The minimum Gasteiger partial charge on any atom is -0.422 e. The number of halogens is 2. The minimum atomic E-state index is -4.48. The van der Waals surface area contributed by atoms with E-state index < -0.39 is 31.0 Å². The smallest absolute Gasteiger partial charge is 0.336 e. The molecule has 1 aromatic heterocycles. The molecule has 0 aliphatic carbocycles. The molecule has 0 saturated heterocycles. The summed E-state index contributed by atoms with van der Waals surface area (Å²) >= 11 is 0. The fraction of sp³-hybridized carbons (Fsp3) is 0.100. The van der Waals surface area contributed by atoms with E-state index in [1.807, 2.05) is 0 Å². The first kappa shape index (κ1) is 12.9. The van der Waals surface area contributed by atoms with Crippen LogP contribution in [0.25, 0.3) is 11.0 Å². The molecule has 2 N–H and O–H groups in total. The zero-order chi connectivity index (χ0) is 13.5. The van der Waals surface area contributed by atoms with Crippen molar-refractivity contribution in [1.29, 1.82) is 0 Å². The molecule has 0 aliphatic rings. The molecule has 0 radical (unpaired) electrons. The first-order valence-corrected chi connectivity index (χ1v) is 6.52. The van der Waals surface area contributed by atoms with E-state index in [1.54, 1.807) is 0 Å². The van der Waals surface area contributed by atoms with Crippen LogP contribution in [0.3, 0.4) is 0 Å². The van der Waals surface area contributed by atoms with Gasteiger partial charge in [-0.05, 0) is 5.56 Å². The van der Waals surface area contributed by atoms with Gasteiger partial charge in [-0.25, -0.2) is 13.6 Å². The van der Waals surface area contributed by atoms with Gasteiger partial charge in [-0.15, -0.1) is 0 Å². The fourth-order valence-electron chi connectivity index (χ4n) is 1.64. The van der Waals surface area contributed by atoms with Gasteiger partial charge in [-0.1, -0.05) is 0 Å². The third-order valence-electron chi connectivity index (χ3n) is 2.22. The van der Waals surface area contributed by atoms with Crippen LogP contribution in [0.2, 0.25) is 0 Å². The Balaban J connectivity index is 2.80. The van der Waals surface area contributed by atoms with E-state index >= 15 is 0 Å². The highest BCUT2D eigenvalue weighted by Crippen LogP contribution is 2.40. The Morgan fingerprint density at radius 3 is 2.50 bits per heavy atom. The molecule has 2 aromatic rings. The van der Waals surface area contributed by atoms with Gasteiger partial charge in [0.2, 0.25) is 0 Å². The second-order valence-electron chi connectivity index (χ2n) is 3.67. The summed E-state index contributed by atoms with van der Waals surface area (Å²) < 4.78 is 42.0. The van der Waals surface area contributed by atoms with Gasteiger partial charge in [-0.3, -0.25) is 4.57 Å². The number of hydrogen-bond acceptors (Lipinski definition) is 3. The second kappa shape index (κ2) is 4.28. The maximum atomic E-state index is 13.6. The molecular weight excluding hydrogens is 269 g/mol. The summed E-state index contributed by atoms with van der Waals surface area (Å²) in [6, 6.07) is 2.11. The van der Waals surface area contributed by atoms with Crippen LogP contribution in [0.5, 0.6) is 0 Å². The van der Waals surface area contributed by atoms with Crippen LogP contribution >= 0.6 is 7.60 Å². The molecule has 5 nitrogen and oxygen atoms in total. The van der Waals surface area contributed by atoms with Gasteiger partial charge < -0.3 is 14.2 Å². The van der Waals surface area contributed by atoms with Gasteiger partial charge in [0.15, 0.2) is 0 Å². The summed E-state index contributed by atoms with van der Waals surface area (Å²) in [4.78, 5) is 28.8. The quantitative estimate of drug-likeness (QED) is 0.644. The predicted molar refractivity (Wildman–Crippen MR) is 58.1 cm³/mol. The number of benzene rings is 1. The van der Waals surface area contributed by atoms with E-state index in [1.165, 1.54) is 0 Å². The summed E-state index contributed by atoms with van der Waals surface area (Å²) in [6.45, 7) is 0. The zero-order valence-corrected chi connectivity index (χ0v) is 9.66. The van der Waals surface area contributed by atoms with Gasteiger partial charge in [-0.2, -0.15) is 0 Å². The van der Waals surface area contributed by atoms with Crippen LogP contribution in [-0.2, 0) is 10.7 Å². The van der Waals surface area contributed by atoms with Crippen LogP contribution in [0.4, 0.5) is 8.78 Å². The second-order valence-corrected chi connectivity index (χ2v) is 5.32. The highest BCUT2D eigenvalue weighted by Gasteiger charge is 2.20. The Labute approximate surface area is 98.8 Å². The van der Waals surface area contributed by atoms with Gasteiger partial charge in [0.25, 0.3) is 0 Å². The number of fused-ring (bicyclic) bond motifs is 1.